The summed E-state index contributed by atoms with van der Waals surface area (Å²) in [5.41, 5.74) is 1.84. The number of hydrogen-bond donors (Lipinski definition) is 1. The van der Waals surface area contributed by atoms with Crippen LogP contribution >= 0.6 is 34.4 Å². The summed E-state index contributed by atoms with van der Waals surface area (Å²) < 4.78 is 5.28. The standard InChI is InChI=1S/C20H16N2O2S3/c1-24-13-6-3-5-12(9-13)10-16(25-2)18-21-19(23)17-14(11-27-20(17)22-18)15-7-4-8-26-15/h3-11H,1-2H3,(H,21,22,23)/b16-10-. The first-order valence-corrected chi connectivity index (χ1v) is 11.1. The van der Waals surface area contributed by atoms with Crippen molar-refractivity contribution in [1.29, 1.82) is 0 Å². The minimum Gasteiger partial charge on any atom is -0.497 e. The highest BCUT2D eigenvalue weighted by atomic mass is 32.2. The number of methoxy groups -OCH3 is 1. The SMILES string of the molecule is COc1cccc(/C=C(\SC)c2nc3scc(-c4cccs4)c3c(=O)[nH]2)c1. The highest BCUT2D eigenvalue weighted by Crippen LogP contribution is 2.34. The van der Waals surface area contributed by atoms with Crippen molar-refractivity contribution in [3.63, 3.8) is 0 Å². The minimum atomic E-state index is -0.106. The van der Waals surface area contributed by atoms with Gasteiger partial charge in [-0.2, -0.15) is 0 Å². The van der Waals surface area contributed by atoms with Crippen LogP contribution in [-0.2, 0) is 0 Å². The van der Waals surface area contributed by atoms with E-state index in [4.69, 9.17) is 9.72 Å². The fourth-order valence-electron chi connectivity index (χ4n) is 2.79. The quantitative estimate of drug-likeness (QED) is 0.465. The van der Waals surface area contributed by atoms with Crippen LogP contribution in [0.15, 0.2) is 52.0 Å². The van der Waals surface area contributed by atoms with Crippen LogP contribution in [0.4, 0.5) is 0 Å². The normalized spacial score (nSPS) is 11.9. The second kappa shape index (κ2) is 7.72. The van der Waals surface area contributed by atoms with Crippen molar-refractivity contribution >= 4 is 55.6 Å². The lowest BCUT2D eigenvalue weighted by Gasteiger charge is -2.06. The molecule has 0 amide bonds. The molecule has 0 atom stereocenters. The number of rotatable bonds is 5. The molecule has 0 aliphatic rings. The molecule has 0 fully saturated rings. The van der Waals surface area contributed by atoms with E-state index >= 15 is 0 Å². The Hall–Kier alpha value is -2.35. The van der Waals surface area contributed by atoms with Crippen LogP contribution in [0.5, 0.6) is 5.75 Å². The van der Waals surface area contributed by atoms with Gasteiger partial charge in [0.25, 0.3) is 5.56 Å². The number of nitrogens with zero attached hydrogens (tertiary/aromatic N) is 1. The fourth-order valence-corrected chi connectivity index (χ4v) is 5.09. The van der Waals surface area contributed by atoms with E-state index in [0.717, 1.165) is 31.5 Å². The largest absolute Gasteiger partial charge is 0.497 e. The summed E-state index contributed by atoms with van der Waals surface area (Å²) in [6, 6.07) is 11.8. The Kier molecular flexibility index (Phi) is 5.15. The Balaban J connectivity index is 1.81. The van der Waals surface area contributed by atoms with Crippen LogP contribution in [0.3, 0.4) is 0 Å². The van der Waals surface area contributed by atoms with E-state index in [-0.39, 0.29) is 5.56 Å². The Morgan fingerprint density at radius 1 is 1.26 bits per heavy atom. The first-order chi connectivity index (χ1) is 13.2. The Morgan fingerprint density at radius 3 is 2.89 bits per heavy atom. The molecule has 0 saturated carbocycles. The van der Waals surface area contributed by atoms with E-state index in [9.17, 15) is 4.79 Å². The second-order valence-electron chi connectivity index (χ2n) is 5.71. The van der Waals surface area contributed by atoms with Crippen LogP contribution < -0.4 is 10.3 Å². The van der Waals surface area contributed by atoms with E-state index in [1.54, 1.807) is 30.2 Å². The summed E-state index contributed by atoms with van der Waals surface area (Å²) >= 11 is 4.67. The number of hydrogen-bond acceptors (Lipinski definition) is 6. The van der Waals surface area contributed by atoms with Crippen LogP contribution in [-0.4, -0.2) is 23.3 Å². The van der Waals surface area contributed by atoms with E-state index < -0.39 is 0 Å². The molecule has 4 rings (SSSR count). The van der Waals surface area contributed by atoms with Gasteiger partial charge < -0.3 is 9.72 Å². The van der Waals surface area contributed by atoms with Gasteiger partial charge in [0.1, 0.15) is 16.4 Å². The molecular formula is C20H16N2O2S3. The molecule has 1 N–H and O–H groups in total. The number of nitrogens with one attached hydrogen (secondary N) is 1. The number of thiophene rings is 2. The molecule has 0 aliphatic carbocycles. The molecule has 0 aliphatic heterocycles. The zero-order chi connectivity index (χ0) is 18.8. The number of aromatic amines is 1. The summed E-state index contributed by atoms with van der Waals surface area (Å²) in [7, 11) is 1.65. The molecule has 0 spiro atoms. The second-order valence-corrected chi connectivity index (χ2v) is 8.36. The minimum absolute atomic E-state index is 0.106. The first kappa shape index (κ1) is 18.0. The van der Waals surface area contributed by atoms with Crippen molar-refractivity contribution in [2.75, 3.05) is 13.4 Å². The lowest BCUT2D eigenvalue weighted by molar-refractivity contribution is 0.414. The lowest BCUT2D eigenvalue weighted by Crippen LogP contribution is -2.10. The van der Waals surface area contributed by atoms with Crippen LogP contribution in [0, 0.1) is 0 Å². The van der Waals surface area contributed by atoms with Crippen molar-refractivity contribution in [1.82, 2.24) is 9.97 Å². The zero-order valence-electron chi connectivity index (χ0n) is 14.7. The number of thioether (sulfide) groups is 1. The average Bonchev–Trinajstić information content (AvgIpc) is 3.35. The molecule has 136 valence electrons. The molecule has 1 aromatic carbocycles. The molecule has 0 bridgehead atoms. The summed E-state index contributed by atoms with van der Waals surface area (Å²) in [6.45, 7) is 0. The van der Waals surface area contributed by atoms with Gasteiger partial charge in [-0.3, -0.25) is 4.79 Å². The molecule has 0 unspecified atom stereocenters. The highest BCUT2D eigenvalue weighted by molar-refractivity contribution is 8.07. The topological polar surface area (TPSA) is 55.0 Å². The monoisotopic (exact) mass is 412 g/mol. The summed E-state index contributed by atoms with van der Waals surface area (Å²) in [5.74, 6) is 1.38. The molecule has 4 aromatic rings. The van der Waals surface area contributed by atoms with Crippen molar-refractivity contribution < 1.29 is 4.74 Å². The van der Waals surface area contributed by atoms with Gasteiger partial charge >= 0.3 is 0 Å². The Bertz CT molecular complexity index is 1170. The Morgan fingerprint density at radius 2 is 2.15 bits per heavy atom. The van der Waals surface area contributed by atoms with Crippen LogP contribution in [0.1, 0.15) is 11.4 Å². The molecular weight excluding hydrogens is 396 g/mol. The number of H-pyrrole nitrogens is 1. The maximum atomic E-state index is 12.8. The highest BCUT2D eigenvalue weighted by Gasteiger charge is 2.15. The van der Waals surface area contributed by atoms with Crippen molar-refractivity contribution in [3.8, 4) is 16.2 Å². The van der Waals surface area contributed by atoms with Gasteiger partial charge in [-0.05, 0) is 41.5 Å². The maximum Gasteiger partial charge on any atom is 0.260 e. The lowest BCUT2D eigenvalue weighted by atomic mass is 10.2. The molecule has 27 heavy (non-hydrogen) atoms. The predicted molar refractivity (Wildman–Crippen MR) is 118 cm³/mol. The molecule has 4 nitrogen and oxygen atoms in total. The van der Waals surface area contributed by atoms with Crippen LogP contribution in [0.2, 0.25) is 0 Å². The average molecular weight is 413 g/mol. The van der Waals surface area contributed by atoms with Gasteiger partial charge in [0.15, 0.2) is 0 Å². The predicted octanol–water partition coefficient (Wildman–Crippen LogP) is 5.58. The third-order valence-corrected chi connectivity index (χ3v) is 6.60. The van der Waals surface area contributed by atoms with Gasteiger partial charge in [0.05, 0.1) is 17.4 Å². The van der Waals surface area contributed by atoms with Crippen molar-refractivity contribution in [2.24, 2.45) is 0 Å². The summed E-state index contributed by atoms with van der Waals surface area (Å²) in [6.07, 6.45) is 3.98. The molecule has 3 heterocycles. The van der Waals surface area contributed by atoms with Crippen molar-refractivity contribution in [3.05, 3.63) is 68.9 Å². The van der Waals surface area contributed by atoms with Gasteiger partial charge in [-0.1, -0.05) is 18.2 Å². The van der Waals surface area contributed by atoms with E-state index in [1.165, 1.54) is 11.3 Å². The fraction of sp³-hybridized carbons (Fsp3) is 0.100. The zero-order valence-corrected chi connectivity index (χ0v) is 17.1. The van der Waals surface area contributed by atoms with Gasteiger partial charge in [0, 0.05) is 15.8 Å². The third kappa shape index (κ3) is 3.58. The summed E-state index contributed by atoms with van der Waals surface area (Å²) in [4.78, 5) is 23.2. The van der Waals surface area contributed by atoms with E-state index in [0.29, 0.717) is 11.2 Å². The molecule has 3 aromatic heterocycles. The number of aromatic nitrogens is 2. The maximum absolute atomic E-state index is 12.8. The third-order valence-electron chi connectivity index (χ3n) is 4.08. The van der Waals surface area contributed by atoms with Crippen LogP contribution in [0.25, 0.3) is 31.6 Å². The summed E-state index contributed by atoms with van der Waals surface area (Å²) in [5, 5.41) is 4.68. The van der Waals surface area contributed by atoms with Crippen molar-refractivity contribution in [2.45, 2.75) is 0 Å². The van der Waals surface area contributed by atoms with E-state index in [1.807, 2.05) is 59.5 Å². The Labute approximate surface area is 168 Å². The van der Waals surface area contributed by atoms with Gasteiger partial charge in [-0.25, -0.2) is 4.98 Å². The molecule has 0 saturated heterocycles. The van der Waals surface area contributed by atoms with E-state index in [2.05, 4.69) is 4.98 Å². The van der Waals surface area contributed by atoms with Gasteiger partial charge in [-0.15, -0.1) is 34.4 Å². The molecule has 7 heteroatoms. The smallest absolute Gasteiger partial charge is 0.260 e. The first-order valence-electron chi connectivity index (χ1n) is 8.15. The molecule has 0 radical (unpaired) electrons. The number of ether oxygens (including phenoxy) is 1. The van der Waals surface area contributed by atoms with Gasteiger partial charge in [0.2, 0.25) is 0 Å². The number of benzene rings is 1. The number of fused-ring (bicyclic) bond motifs is 1.